The van der Waals surface area contributed by atoms with Gasteiger partial charge in [-0.2, -0.15) is 0 Å². The zero-order valence-electron chi connectivity index (χ0n) is 11.1. The van der Waals surface area contributed by atoms with Gasteiger partial charge in [0.15, 0.2) is 0 Å². The number of H-pyrrole nitrogens is 1. The zero-order valence-corrected chi connectivity index (χ0v) is 11.1. The maximum Gasteiger partial charge on any atom is 0.0924 e. The molecule has 18 heavy (non-hydrogen) atoms. The molecule has 2 aromatic rings. The van der Waals surface area contributed by atoms with Crippen LogP contribution in [0.1, 0.15) is 33.1 Å². The quantitative estimate of drug-likeness (QED) is 0.803. The fraction of sp³-hybridized carbons (Fsp3) is 0.400. The number of hydrogen-bond acceptors (Lipinski definition) is 2. The average Bonchev–Trinajstić information content (AvgIpc) is 2.91. The van der Waals surface area contributed by atoms with Crippen LogP contribution in [0.2, 0.25) is 0 Å². The minimum atomic E-state index is 0.531. The summed E-state index contributed by atoms with van der Waals surface area (Å²) in [4.78, 5) is 7.14. The molecule has 0 aliphatic carbocycles. The average molecular weight is 243 g/mol. The van der Waals surface area contributed by atoms with E-state index < -0.39 is 0 Å². The van der Waals surface area contributed by atoms with Gasteiger partial charge in [0.25, 0.3) is 0 Å². The Labute approximate surface area is 109 Å². The predicted octanol–water partition coefficient (Wildman–Crippen LogP) is 4.07. The van der Waals surface area contributed by atoms with E-state index in [1.807, 2.05) is 6.20 Å². The van der Waals surface area contributed by atoms with Gasteiger partial charge in [0.1, 0.15) is 0 Å². The SMILES string of the molecule is CCCCC(C)Nc1ccc(-c2cnc[nH]2)cc1. The highest BCUT2D eigenvalue weighted by molar-refractivity contribution is 5.61. The second-order valence-electron chi connectivity index (χ2n) is 4.73. The van der Waals surface area contributed by atoms with Crippen LogP contribution in [0.3, 0.4) is 0 Å². The fourth-order valence-corrected chi connectivity index (χ4v) is 2.03. The summed E-state index contributed by atoms with van der Waals surface area (Å²) >= 11 is 0. The second kappa shape index (κ2) is 6.24. The van der Waals surface area contributed by atoms with Gasteiger partial charge >= 0.3 is 0 Å². The van der Waals surface area contributed by atoms with Crippen LogP contribution in [-0.2, 0) is 0 Å². The molecule has 0 aliphatic rings. The Hall–Kier alpha value is -1.77. The van der Waals surface area contributed by atoms with E-state index in [0.717, 1.165) is 5.69 Å². The van der Waals surface area contributed by atoms with Crippen molar-refractivity contribution in [1.29, 1.82) is 0 Å². The molecule has 1 unspecified atom stereocenters. The molecular weight excluding hydrogens is 222 g/mol. The van der Waals surface area contributed by atoms with Crippen LogP contribution in [0, 0.1) is 0 Å². The van der Waals surface area contributed by atoms with Gasteiger partial charge in [-0.05, 0) is 31.0 Å². The second-order valence-corrected chi connectivity index (χ2v) is 4.73. The monoisotopic (exact) mass is 243 g/mol. The molecular formula is C15H21N3. The molecule has 1 aromatic carbocycles. The molecule has 3 nitrogen and oxygen atoms in total. The van der Waals surface area contributed by atoms with Crippen LogP contribution in [0.15, 0.2) is 36.8 Å². The highest BCUT2D eigenvalue weighted by Gasteiger charge is 2.02. The van der Waals surface area contributed by atoms with Gasteiger partial charge in [-0.3, -0.25) is 0 Å². The van der Waals surface area contributed by atoms with Crippen LogP contribution < -0.4 is 5.32 Å². The lowest BCUT2D eigenvalue weighted by Gasteiger charge is -2.14. The van der Waals surface area contributed by atoms with Crippen LogP contribution in [0.5, 0.6) is 0 Å². The van der Waals surface area contributed by atoms with Crippen molar-refractivity contribution in [3.05, 3.63) is 36.8 Å². The summed E-state index contributed by atoms with van der Waals surface area (Å²) < 4.78 is 0. The molecule has 3 heteroatoms. The van der Waals surface area contributed by atoms with Gasteiger partial charge < -0.3 is 10.3 Å². The van der Waals surface area contributed by atoms with Gasteiger partial charge in [-0.1, -0.05) is 31.9 Å². The highest BCUT2D eigenvalue weighted by Crippen LogP contribution is 2.19. The number of imidazole rings is 1. The highest BCUT2D eigenvalue weighted by atomic mass is 14.9. The summed E-state index contributed by atoms with van der Waals surface area (Å²) in [6.45, 7) is 4.46. The maximum atomic E-state index is 4.03. The summed E-state index contributed by atoms with van der Waals surface area (Å²) in [5.41, 5.74) is 3.40. The largest absolute Gasteiger partial charge is 0.383 e. The summed E-state index contributed by atoms with van der Waals surface area (Å²) in [5.74, 6) is 0. The van der Waals surface area contributed by atoms with Gasteiger partial charge in [0.05, 0.1) is 18.2 Å². The molecule has 0 saturated carbocycles. The van der Waals surface area contributed by atoms with E-state index in [0.29, 0.717) is 6.04 Å². The van der Waals surface area contributed by atoms with Crippen molar-refractivity contribution in [1.82, 2.24) is 9.97 Å². The van der Waals surface area contributed by atoms with Crippen molar-refractivity contribution in [2.75, 3.05) is 5.32 Å². The van der Waals surface area contributed by atoms with Gasteiger partial charge in [-0.15, -0.1) is 0 Å². The first kappa shape index (κ1) is 12.7. The standard InChI is InChI=1S/C15H21N3/c1-3-4-5-12(2)18-14-8-6-13(7-9-14)15-10-16-11-17-15/h6-12,18H,3-5H2,1-2H3,(H,16,17). The van der Waals surface area contributed by atoms with Crippen molar-refractivity contribution in [3.63, 3.8) is 0 Å². The van der Waals surface area contributed by atoms with Crippen molar-refractivity contribution in [2.24, 2.45) is 0 Å². The van der Waals surface area contributed by atoms with Crippen LogP contribution in [0.25, 0.3) is 11.3 Å². The number of anilines is 1. The van der Waals surface area contributed by atoms with Crippen LogP contribution in [-0.4, -0.2) is 16.0 Å². The minimum Gasteiger partial charge on any atom is -0.383 e. The van der Waals surface area contributed by atoms with E-state index in [2.05, 4.69) is 53.4 Å². The molecule has 2 rings (SSSR count). The van der Waals surface area contributed by atoms with E-state index >= 15 is 0 Å². The Morgan fingerprint density at radius 1 is 1.28 bits per heavy atom. The molecule has 1 atom stereocenters. The first-order valence-electron chi connectivity index (χ1n) is 6.65. The third-order valence-electron chi connectivity index (χ3n) is 3.10. The Balaban J connectivity index is 1.95. The number of nitrogens with one attached hydrogen (secondary N) is 2. The van der Waals surface area contributed by atoms with Crippen molar-refractivity contribution < 1.29 is 0 Å². The molecule has 0 aliphatic heterocycles. The third-order valence-corrected chi connectivity index (χ3v) is 3.10. The third kappa shape index (κ3) is 3.36. The lowest BCUT2D eigenvalue weighted by atomic mass is 10.1. The maximum absolute atomic E-state index is 4.03. The first-order valence-corrected chi connectivity index (χ1v) is 6.65. The van der Waals surface area contributed by atoms with Gasteiger partial charge in [0, 0.05) is 11.7 Å². The molecule has 0 amide bonds. The number of benzene rings is 1. The molecule has 0 radical (unpaired) electrons. The summed E-state index contributed by atoms with van der Waals surface area (Å²) in [6, 6.07) is 9.00. The van der Waals surface area contributed by atoms with E-state index in [-0.39, 0.29) is 0 Å². The van der Waals surface area contributed by atoms with Gasteiger partial charge in [-0.25, -0.2) is 4.98 Å². The summed E-state index contributed by atoms with van der Waals surface area (Å²) in [7, 11) is 0. The zero-order chi connectivity index (χ0) is 12.8. The Bertz CT molecular complexity index is 445. The Kier molecular flexibility index (Phi) is 4.40. The number of aromatic amines is 1. The molecule has 0 bridgehead atoms. The fourth-order valence-electron chi connectivity index (χ4n) is 2.03. The number of nitrogens with zero attached hydrogens (tertiary/aromatic N) is 1. The normalized spacial score (nSPS) is 12.3. The van der Waals surface area contributed by atoms with Crippen molar-refractivity contribution in [2.45, 2.75) is 39.2 Å². The molecule has 1 heterocycles. The van der Waals surface area contributed by atoms with Crippen LogP contribution in [0.4, 0.5) is 5.69 Å². The number of rotatable bonds is 6. The smallest absolute Gasteiger partial charge is 0.0924 e. The number of hydrogen-bond donors (Lipinski definition) is 2. The van der Waals surface area contributed by atoms with E-state index in [1.54, 1.807) is 6.33 Å². The summed E-state index contributed by atoms with van der Waals surface area (Å²) in [5, 5.41) is 3.52. The topological polar surface area (TPSA) is 40.7 Å². The van der Waals surface area contributed by atoms with Crippen LogP contribution >= 0.6 is 0 Å². The lowest BCUT2D eigenvalue weighted by Crippen LogP contribution is -2.14. The van der Waals surface area contributed by atoms with Crippen molar-refractivity contribution >= 4 is 5.69 Å². The predicted molar refractivity (Wildman–Crippen MR) is 76.6 cm³/mol. The number of aromatic nitrogens is 2. The van der Waals surface area contributed by atoms with Crippen molar-refractivity contribution in [3.8, 4) is 11.3 Å². The lowest BCUT2D eigenvalue weighted by molar-refractivity contribution is 0.645. The molecule has 0 fully saturated rings. The number of unbranched alkanes of at least 4 members (excludes halogenated alkanes) is 1. The molecule has 96 valence electrons. The Morgan fingerprint density at radius 3 is 2.67 bits per heavy atom. The molecule has 0 saturated heterocycles. The molecule has 1 aromatic heterocycles. The summed E-state index contributed by atoms with van der Waals surface area (Å²) in [6.07, 6.45) is 7.30. The van der Waals surface area contributed by atoms with E-state index in [1.165, 1.54) is 30.5 Å². The van der Waals surface area contributed by atoms with Gasteiger partial charge in [0.2, 0.25) is 0 Å². The molecule has 2 N–H and O–H groups in total. The molecule has 0 spiro atoms. The Morgan fingerprint density at radius 2 is 2.06 bits per heavy atom. The first-order chi connectivity index (χ1) is 8.79. The minimum absolute atomic E-state index is 0.531. The van der Waals surface area contributed by atoms with E-state index in [4.69, 9.17) is 0 Å². The van der Waals surface area contributed by atoms with E-state index in [9.17, 15) is 0 Å².